The molecule has 0 aliphatic heterocycles. The molecule has 5 nitrogen and oxygen atoms in total. The Kier molecular flexibility index (Phi) is 7.08. The van der Waals surface area contributed by atoms with Crippen molar-refractivity contribution < 1.29 is 4.74 Å². The minimum absolute atomic E-state index is 0.00304. The molecule has 0 aliphatic carbocycles. The predicted octanol–water partition coefficient (Wildman–Crippen LogP) is 10.7. The van der Waals surface area contributed by atoms with Crippen molar-refractivity contribution in [1.29, 1.82) is 0 Å². The Morgan fingerprint density at radius 3 is 2.20 bits per heavy atom. The minimum Gasteiger partial charge on any atom is -0.457 e. The van der Waals surface area contributed by atoms with Crippen LogP contribution in [0.5, 0.6) is 11.5 Å². The number of pyridine rings is 1. The Balaban J connectivity index is 1.29. The van der Waals surface area contributed by atoms with Crippen molar-refractivity contribution in [1.82, 2.24) is 19.3 Å². The van der Waals surface area contributed by atoms with Crippen molar-refractivity contribution in [3.05, 3.63) is 131 Å². The summed E-state index contributed by atoms with van der Waals surface area (Å²) in [6.45, 7) is 17.6. The summed E-state index contributed by atoms with van der Waals surface area (Å²) in [7, 11) is 0. The van der Waals surface area contributed by atoms with Gasteiger partial charge in [0.05, 0.1) is 22.4 Å². The maximum absolute atomic E-state index is 6.54. The molecule has 3 aromatic heterocycles. The second-order valence-electron chi connectivity index (χ2n) is 13.5. The maximum Gasteiger partial charge on any atom is 0.137 e. The van der Waals surface area contributed by atoms with Crippen LogP contribution in [0.4, 0.5) is 0 Å². The number of fused-ring (bicyclic) bond motifs is 3. The molecule has 0 bridgehead atoms. The van der Waals surface area contributed by atoms with E-state index in [2.05, 4.69) is 127 Å². The molecule has 0 amide bonds. The molecule has 46 heavy (non-hydrogen) atoms. The Bertz CT molecular complexity index is 2280. The van der Waals surface area contributed by atoms with E-state index in [4.69, 9.17) is 14.8 Å². The molecule has 0 aliphatic rings. The summed E-state index contributed by atoms with van der Waals surface area (Å²) in [5.74, 6) is 2.41. The second-order valence-corrected chi connectivity index (χ2v) is 13.5. The van der Waals surface area contributed by atoms with Gasteiger partial charge in [-0.25, -0.2) is 9.67 Å². The van der Waals surface area contributed by atoms with E-state index in [0.717, 1.165) is 50.8 Å². The molecule has 0 radical (unpaired) electrons. The van der Waals surface area contributed by atoms with E-state index in [1.807, 2.05) is 35.1 Å². The standard InChI is InChI=1S/C41H40N4O/c1-25-18-19-42-38(22-25)44-36-15-10-9-14-33(36)34-17-16-32(24-37(34)44)46-31-13-11-12-30(23-31)45-29(5)40(28(4)43-45)39-27(3)20-26(2)21-35(39)41(6,7)8/h9-24H,1-8H3. The van der Waals surface area contributed by atoms with Crippen LogP contribution >= 0.6 is 0 Å². The first kappa shape index (κ1) is 29.5. The van der Waals surface area contributed by atoms with Gasteiger partial charge in [0.25, 0.3) is 0 Å². The number of nitrogens with zero attached hydrogens (tertiary/aromatic N) is 4. The summed E-state index contributed by atoms with van der Waals surface area (Å²) in [5.41, 5.74) is 12.8. The van der Waals surface area contributed by atoms with Gasteiger partial charge >= 0.3 is 0 Å². The number of rotatable bonds is 5. The number of aromatic nitrogens is 4. The van der Waals surface area contributed by atoms with Gasteiger partial charge in [0.1, 0.15) is 17.3 Å². The fourth-order valence-electron chi connectivity index (χ4n) is 6.86. The first-order chi connectivity index (χ1) is 22.0. The lowest BCUT2D eigenvalue weighted by Gasteiger charge is -2.25. The summed E-state index contributed by atoms with van der Waals surface area (Å²) < 4.78 is 10.8. The Hall–Kier alpha value is -5.16. The zero-order chi connectivity index (χ0) is 32.3. The van der Waals surface area contributed by atoms with Crippen LogP contribution in [-0.2, 0) is 5.41 Å². The summed E-state index contributed by atoms with van der Waals surface area (Å²) in [6.07, 6.45) is 1.87. The smallest absolute Gasteiger partial charge is 0.137 e. The molecular formula is C41H40N4O. The van der Waals surface area contributed by atoms with Crippen LogP contribution < -0.4 is 4.74 Å². The van der Waals surface area contributed by atoms with Crippen LogP contribution in [0.2, 0.25) is 0 Å². The number of benzene rings is 4. The van der Waals surface area contributed by atoms with Crippen LogP contribution in [-0.4, -0.2) is 19.3 Å². The molecule has 0 unspecified atom stereocenters. The molecule has 0 fully saturated rings. The molecule has 0 saturated carbocycles. The van der Waals surface area contributed by atoms with E-state index < -0.39 is 0 Å². The third kappa shape index (κ3) is 5.06. The SMILES string of the molecule is Cc1ccnc(-n2c3ccccc3c3ccc(Oc4cccc(-n5nc(C)c(-c6c(C)cc(C)cc6C(C)(C)C)c5C)c4)cc32)c1. The zero-order valence-electron chi connectivity index (χ0n) is 27.9. The van der Waals surface area contributed by atoms with Gasteiger partial charge in [-0.15, -0.1) is 0 Å². The highest BCUT2D eigenvalue weighted by molar-refractivity contribution is 6.09. The first-order valence-electron chi connectivity index (χ1n) is 15.9. The van der Waals surface area contributed by atoms with Gasteiger partial charge in [-0.05, 0) is 105 Å². The summed E-state index contributed by atoms with van der Waals surface area (Å²) in [5, 5.41) is 7.41. The molecule has 4 aromatic carbocycles. The van der Waals surface area contributed by atoms with Crippen molar-refractivity contribution in [2.45, 2.75) is 60.8 Å². The Morgan fingerprint density at radius 2 is 1.41 bits per heavy atom. The van der Waals surface area contributed by atoms with Crippen molar-refractivity contribution in [2.75, 3.05) is 0 Å². The molecule has 230 valence electrons. The molecule has 7 rings (SSSR count). The molecule has 0 spiro atoms. The molecule has 0 N–H and O–H groups in total. The van der Waals surface area contributed by atoms with Crippen molar-refractivity contribution >= 4 is 21.8 Å². The van der Waals surface area contributed by atoms with Gasteiger partial charge in [-0.3, -0.25) is 4.57 Å². The lowest BCUT2D eigenvalue weighted by molar-refractivity contribution is 0.482. The minimum atomic E-state index is 0.00304. The van der Waals surface area contributed by atoms with E-state index in [1.54, 1.807) is 0 Å². The number of hydrogen-bond donors (Lipinski definition) is 0. The summed E-state index contributed by atoms with van der Waals surface area (Å²) >= 11 is 0. The van der Waals surface area contributed by atoms with Crippen LogP contribution in [0.25, 0.3) is 44.4 Å². The number of hydrogen-bond acceptors (Lipinski definition) is 3. The molecule has 0 atom stereocenters. The molecular weight excluding hydrogens is 564 g/mol. The number of aryl methyl sites for hydroxylation is 4. The fraction of sp³-hybridized carbons (Fsp3) is 0.220. The van der Waals surface area contributed by atoms with Crippen molar-refractivity contribution in [3.8, 4) is 34.1 Å². The Morgan fingerprint density at radius 1 is 0.652 bits per heavy atom. The highest BCUT2D eigenvalue weighted by atomic mass is 16.5. The lowest BCUT2D eigenvalue weighted by atomic mass is 9.79. The predicted molar refractivity (Wildman–Crippen MR) is 190 cm³/mol. The van der Waals surface area contributed by atoms with Crippen LogP contribution in [0.15, 0.2) is 97.2 Å². The van der Waals surface area contributed by atoms with E-state index >= 15 is 0 Å². The molecule has 5 heteroatoms. The fourth-order valence-corrected chi connectivity index (χ4v) is 6.86. The van der Waals surface area contributed by atoms with Gasteiger partial charge in [0, 0.05) is 40.4 Å². The topological polar surface area (TPSA) is 44.9 Å². The quantitative estimate of drug-likeness (QED) is 0.196. The lowest BCUT2D eigenvalue weighted by Crippen LogP contribution is -2.14. The van der Waals surface area contributed by atoms with Gasteiger partial charge in [0.2, 0.25) is 0 Å². The number of para-hydroxylation sites is 1. The van der Waals surface area contributed by atoms with E-state index in [0.29, 0.717) is 0 Å². The third-order valence-corrected chi connectivity index (χ3v) is 8.90. The highest BCUT2D eigenvalue weighted by Gasteiger charge is 2.25. The van der Waals surface area contributed by atoms with Crippen LogP contribution in [0, 0.1) is 34.6 Å². The maximum atomic E-state index is 6.54. The largest absolute Gasteiger partial charge is 0.457 e. The van der Waals surface area contributed by atoms with E-state index in [-0.39, 0.29) is 5.41 Å². The van der Waals surface area contributed by atoms with Gasteiger partial charge in [-0.2, -0.15) is 5.10 Å². The monoisotopic (exact) mass is 604 g/mol. The second kappa shape index (κ2) is 11.0. The normalized spacial score (nSPS) is 11.9. The van der Waals surface area contributed by atoms with Crippen LogP contribution in [0.1, 0.15) is 54.4 Å². The summed E-state index contributed by atoms with van der Waals surface area (Å²) in [4.78, 5) is 4.72. The molecule has 3 heterocycles. The van der Waals surface area contributed by atoms with Crippen molar-refractivity contribution in [3.63, 3.8) is 0 Å². The highest BCUT2D eigenvalue weighted by Crippen LogP contribution is 2.40. The van der Waals surface area contributed by atoms with E-state index in [1.165, 1.54) is 38.8 Å². The third-order valence-electron chi connectivity index (χ3n) is 8.90. The van der Waals surface area contributed by atoms with Gasteiger partial charge in [0.15, 0.2) is 0 Å². The molecule has 7 aromatic rings. The zero-order valence-corrected chi connectivity index (χ0v) is 27.9. The van der Waals surface area contributed by atoms with Gasteiger partial charge in [-0.1, -0.05) is 62.7 Å². The molecule has 0 saturated heterocycles. The van der Waals surface area contributed by atoms with E-state index in [9.17, 15) is 0 Å². The summed E-state index contributed by atoms with van der Waals surface area (Å²) in [6, 6.07) is 31.7. The van der Waals surface area contributed by atoms with Crippen LogP contribution in [0.3, 0.4) is 0 Å². The van der Waals surface area contributed by atoms with Gasteiger partial charge < -0.3 is 4.74 Å². The van der Waals surface area contributed by atoms with Crippen molar-refractivity contribution in [2.24, 2.45) is 0 Å². The Labute approximate surface area is 271 Å². The average molecular weight is 605 g/mol. The number of ether oxygens (including phenoxy) is 1. The first-order valence-corrected chi connectivity index (χ1v) is 15.9. The average Bonchev–Trinajstić information content (AvgIpc) is 3.49.